The summed E-state index contributed by atoms with van der Waals surface area (Å²) in [4.78, 5) is 25.2. The van der Waals surface area contributed by atoms with Crippen LogP contribution in [0.3, 0.4) is 0 Å². The summed E-state index contributed by atoms with van der Waals surface area (Å²) in [5.74, 6) is -0.719. The van der Waals surface area contributed by atoms with Crippen LogP contribution in [0.4, 0.5) is 5.69 Å². The van der Waals surface area contributed by atoms with E-state index in [9.17, 15) is 14.9 Å². The molecule has 2 aromatic rings. The van der Waals surface area contributed by atoms with Gasteiger partial charge in [-0.15, -0.1) is 0 Å². The van der Waals surface area contributed by atoms with Crippen molar-refractivity contribution in [1.82, 2.24) is 4.98 Å². The van der Waals surface area contributed by atoms with Gasteiger partial charge in [-0.2, -0.15) is 0 Å². The van der Waals surface area contributed by atoms with Crippen LogP contribution in [0.25, 0.3) is 10.8 Å². The molecule has 7 heteroatoms. The topological polar surface area (TPSA) is 99.1 Å². The molecule has 0 spiro atoms. The molecule has 0 aliphatic rings. The van der Waals surface area contributed by atoms with Gasteiger partial charge in [0.1, 0.15) is 5.69 Å². The maximum Gasteiger partial charge on any atom is 0.270 e. The summed E-state index contributed by atoms with van der Waals surface area (Å²) in [6, 6.07) is 4.19. The van der Waals surface area contributed by atoms with Crippen molar-refractivity contribution in [2.24, 2.45) is 5.73 Å². The number of non-ortho nitro benzene ring substituents is 1. The Hall–Kier alpha value is -2.02. The number of nitro groups is 1. The third-order valence-electron chi connectivity index (χ3n) is 2.27. The van der Waals surface area contributed by atoms with Crippen molar-refractivity contribution in [1.29, 1.82) is 0 Å². The number of amides is 1. The van der Waals surface area contributed by atoms with Gasteiger partial charge in [-0.1, -0.05) is 0 Å². The maximum atomic E-state index is 11.2. The average Bonchev–Trinajstić information content (AvgIpc) is 2.28. The van der Waals surface area contributed by atoms with Gasteiger partial charge in [0.15, 0.2) is 0 Å². The number of carbonyl (C=O) groups excluding carboxylic acids is 1. The zero-order valence-corrected chi connectivity index (χ0v) is 9.97. The molecule has 0 saturated heterocycles. The number of nitrogens with zero attached hydrogens (tertiary/aromatic N) is 2. The Balaban J connectivity index is 2.85. The molecule has 1 aromatic carbocycles. The highest BCUT2D eigenvalue weighted by Crippen LogP contribution is 2.28. The zero-order valence-electron chi connectivity index (χ0n) is 8.38. The Morgan fingerprint density at radius 3 is 2.71 bits per heavy atom. The number of hydrogen-bond donors (Lipinski definition) is 1. The highest BCUT2D eigenvalue weighted by atomic mass is 79.9. The molecule has 1 aromatic heterocycles. The smallest absolute Gasteiger partial charge is 0.270 e. The van der Waals surface area contributed by atoms with Crippen LogP contribution in [0.5, 0.6) is 0 Å². The largest absolute Gasteiger partial charge is 0.364 e. The van der Waals surface area contributed by atoms with Gasteiger partial charge in [0.2, 0.25) is 0 Å². The second-order valence-electron chi connectivity index (χ2n) is 3.31. The number of primary amides is 1. The molecule has 0 radical (unpaired) electrons. The molecule has 0 saturated carbocycles. The predicted octanol–water partition coefficient (Wildman–Crippen LogP) is 2.00. The number of aromatic nitrogens is 1. The van der Waals surface area contributed by atoms with Gasteiger partial charge in [0.05, 0.1) is 4.92 Å². The van der Waals surface area contributed by atoms with E-state index in [0.29, 0.717) is 15.2 Å². The van der Waals surface area contributed by atoms with Crippen LogP contribution in [0.2, 0.25) is 0 Å². The summed E-state index contributed by atoms with van der Waals surface area (Å²) >= 11 is 3.26. The SMILES string of the molecule is NC(=O)c1ncc(Br)c2ccc([N+](=O)[O-])cc12. The molecule has 0 atom stereocenters. The van der Waals surface area contributed by atoms with Crippen LogP contribution in [0, 0.1) is 10.1 Å². The molecular formula is C10H6BrN3O3. The van der Waals surface area contributed by atoms with Gasteiger partial charge in [-0.25, -0.2) is 4.98 Å². The number of hydrogen-bond acceptors (Lipinski definition) is 4. The Morgan fingerprint density at radius 2 is 2.12 bits per heavy atom. The summed E-state index contributed by atoms with van der Waals surface area (Å²) < 4.78 is 0.646. The van der Waals surface area contributed by atoms with Gasteiger partial charge in [-0.05, 0) is 22.0 Å². The zero-order chi connectivity index (χ0) is 12.6. The number of nitro benzene ring substituents is 1. The predicted molar refractivity (Wildman–Crippen MR) is 64.6 cm³/mol. The minimum absolute atomic E-state index is 0.0203. The van der Waals surface area contributed by atoms with Gasteiger partial charge >= 0.3 is 0 Å². The fourth-order valence-corrected chi connectivity index (χ4v) is 1.95. The van der Waals surface area contributed by atoms with Crippen LogP contribution in [0.15, 0.2) is 28.9 Å². The van der Waals surface area contributed by atoms with E-state index < -0.39 is 10.8 Å². The highest BCUT2D eigenvalue weighted by molar-refractivity contribution is 9.10. The maximum absolute atomic E-state index is 11.2. The Bertz CT molecular complexity index is 642. The van der Waals surface area contributed by atoms with Crippen LogP contribution >= 0.6 is 15.9 Å². The molecule has 0 unspecified atom stereocenters. The molecule has 1 heterocycles. The fourth-order valence-electron chi connectivity index (χ4n) is 1.51. The van der Waals surface area contributed by atoms with Gasteiger partial charge in [0, 0.05) is 33.6 Å². The summed E-state index contributed by atoms with van der Waals surface area (Å²) in [6.45, 7) is 0. The van der Waals surface area contributed by atoms with Gasteiger partial charge < -0.3 is 5.73 Å². The number of rotatable bonds is 2. The lowest BCUT2D eigenvalue weighted by Gasteiger charge is -2.04. The van der Waals surface area contributed by atoms with Crippen molar-refractivity contribution in [3.63, 3.8) is 0 Å². The monoisotopic (exact) mass is 295 g/mol. The second-order valence-corrected chi connectivity index (χ2v) is 4.16. The van der Waals surface area contributed by atoms with E-state index >= 15 is 0 Å². The van der Waals surface area contributed by atoms with E-state index in [2.05, 4.69) is 20.9 Å². The van der Waals surface area contributed by atoms with Crippen molar-refractivity contribution in [3.8, 4) is 0 Å². The third-order valence-corrected chi connectivity index (χ3v) is 2.90. The van der Waals surface area contributed by atoms with E-state index in [1.54, 1.807) is 6.07 Å². The first-order valence-corrected chi connectivity index (χ1v) is 5.32. The molecule has 1 amide bonds. The van der Waals surface area contributed by atoms with Crippen molar-refractivity contribution in [3.05, 3.63) is 44.7 Å². The number of benzene rings is 1. The summed E-state index contributed by atoms with van der Waals surface area (Å²) in [5.41, 5.74) is 5.08. The highest BCUT2D eigenvalue weighted by Gasteiger charge is 2.14. The molecule has 0 aliphatic heterocycles. The van der Waals surface area contributed by atoms with Crippen molar-refractivity contribution < 1.29 is 9.72 Å². The summed E-state index contributed by atoms with van der Waals surface area (Å²) in [6.07, 6.45) is 1.44. The standard InChI is InChI=1S/C10H6BrN3O3/c11-8-4-13-9(10(12)15)7-3-5(14(16)17)1-2-6(7)8/h1-4H,(H2,12,15). The minimum atomic E-state index is -0.719. The normalized spacial score (nSPS) is 10.4. The molecule has 17 heavy (non-hydrogen) atoms. The molecule has 0 bridgehead atoms. The van der Waals surface area contributed by atoms with Crippen LogP contribution in [-0.2, 0) is 0 Å². The second kappa shape index (κ2) is 4.10. The van der Waals surface area contributed by atoms with E-state index in [4.69, 9.17) is 5.73 Å². The number of carbonyl (C=O) groups is 1. The fraction of sp³-hybridized carbons (Fsp3) is 0. The first-order chi connectivity index (χ1) is 8.00. The minimum Gasteiger partial charge on any atom is -0.364 e. The first kappa shape index (κ1) is 11.5. The molecule has 2 N–H and O–H groups in total. The van der Waals surface area contributed by atoms with Gasteiger partial charge in [0.25, 0.3) is 11.6 Å². The molecule has 0 aliphatic carbocycles. The quantitative estimate of drug-likeness (QED) is 0.676. The van der Waals surface area contributed by atoms with Crippen molar-refractivity contribution in [2.45, 2.75) is 0 Å². The summed E-state index contributed by atoms with van der Waals surface area (Å²) in [7, 11) is 0. The van der Waals surface area contributed by atoms with Gasteiger partial charge in [-0.3, -0.25) is 14.9 Å². The van der Waals surface area contributed by atoms with Crippen LogP contribution in [-0.4, -0.2) is 15.8 Å². The first-order valence-electron chi connectivity index (χ1n) is 4.53. The number of pyridine rings is 1. The average molecular weight is 296 g/mol. The van der Waals surface area contributed by atoms with Crippen molar-refractivity contribution in [2.75, 3.05) is 0 Å². The number of fused-ring (bicyclic) bond motifs is 1. The Morgan fingerprint density at radius 1 is 1.41 bits per heavy atom. The van der Waals surface area contributed by atoms with E-state index in [-0.39, 0.29) is 11.4 Å². The van der Waals surface area contributed by atoms with Crippen LogP contribution < -0.4 is 5.73 Å². The van der Waals surface area contributed by atoms with Crippen molar-refractivity contribution >= 4 is 38.3 Å². The Kier molecular flexibility index (Phi) is 2.76. The van der Waals surface area contributed by atoms with E-state index in [1.165, 1.54) is 18.3 Å². The lowest BCUT2D eigenvalue weighted by atomic mass is 10.1. The molecular weight excluding hydrogens is 290 g/mol. The molecule has 6 nitrogen and oxygen atoms in total. The number of halogens is 1. The molecule has 0 fully saturated rings. The molecule has 2 rings (SSSR count). The number of nitrogens with two attached hydrogens (primary N) is 1. The lowest BCUT2D eigenvalue weighted by molar-refractivity contribution is -0.384. The lowest BCUT2D eigenvalue weighted by Crippen LogP contribution is -2.13. The Labute approximate surface area is 104 Å². The van der Waals surface area contributed by atoms with Crippen LogP contribution in [0.1, 0.15) is 10.5 Å². The third kappa shape index (κ3) is 1.96. The molecule has 86 valence electrons. The van der Waals surface area contributed by atoms with E-state index in [1.807, 2.05) is 0 Å². The summed E-state index contributed by atoms with van der Waals surface area (Å²) in [5, 5.41) is 11.7. The van der Waals surface area contributed by atoms with E-state index in [0.717, 1.165) is 0 Å².